The third-order valence-electron chi connectivity index (χ3n) is 3.33. The molecular weight excluding hydrogens is 262 g/mol. The highest BCUT2D eigenvalue weighted by Gasteiger charge is 2.20. The van der Waals surface area contributed by atoms with Crippen molar-refractivity contribution in [2.75, 3.05) is 11.4 Å². The third kappa shape index (κ3) is 1.54. The van der Waals surface area contributed by atoms with E-state index in [-0.39, 0.29) is 0 Å². The Morgan fingerprint density at radius 2 is 2.06 bits per heavy atom. The van der Waals surface area contributed by atoms with Crippen LogP contribution in [0.2, 0.25) is 0 Å². The van der Waals surface area contributed by atoms with E-state index >= 15 is 0 Å². The smallest absolute Gasteiger partial charge is 0.150 e. The number of anilines is 1. The Labute approximate surface area is 113 Å². The predicted molar refractivity (Wildman–Crippen MR) is 76.5 cm³/mol. The second-order valence-electron chi connectivity index (χ2n) is 4.37. The molecule has 0 unspecified atom stereocenters. The molecular formula is C13H11N3S2. The first-order valence-electron chi connectivity index (χ1n) is 5.90. The zero-order chi connectivity index (χ0) is 11.9. The van der Waals surface area contributed by atoms with E-state index in [1.54, 1.807) is 17.7 Å². The minimum atomic E-state index is 0.975. The fourth-order valence-corrected chi connectivity index (χ4v) is 4.18. The van der Waals surface area contributed by atoms with Crippen LogP contribution >= 0.6 is 22.7 Å². The van der Waals surface area contributed by atoms with Crippen molar-refractivity contribution in [2.45, 2.75) is 13.0 Å². The topological polar surface area (TPSA) is 29.0 Å². The van der Waals surface area contributed by atoms with E-state index in [2.05, 4.69) is 37.8 Å². The highest BCUT2D eigenvalue weighted by molar-refractivity contribution is 7.17. The fraction of sp³-hybridized carbons (Fsp3) is 0.231. The van der Waals surface area contributed by atoms with Crippen molar-refractivity contribution in [3.63, 3.8) is 0 Å². The molecule has 0 aromatic carbocycles. The molecule has 3 aromatic heterocycles. The summed E-state index contributed by atoms with van der Waals surface area (Å²) < 4.78 is 1.20. The van der Waals surface area contributed by atoms with Gasteiger partial charge in [0.15, 0.2) is 0 Å². The van der Waals surface area contributed by atoms with E-state index in [0.717, 1.165) is 30.8 Å². The lowest BCUT2D eigenvalue weighted by molar-refractivity contribution is 0.735. The summed E-state index contributed by atoms with van der Waals surface area (Å²) in [7, 11) is 0. The van der Waals surface area contributed by atoms with Gasteiger partial charge in [-0.15, -0.1) is 22.7 Å². The number of thiophene rings is 2. The number of fused-ring (bicyclic) bond motifs is 2. The quantitative estimate of drug-likeness (QED) is 0.681. The standard InChI is InChI=1S/C13H11N3S2/c1-4-16(7-9-2-5-17-11(1)9)13-12-10(3-6-18-12)14-8-15-13/h2-3,5-6,8H,1,4,7H2. The van der Waals surface area contributed by atoms with E-state index in [0.29, 0.717) is 0 Å². The summed E-state index contributed by atoms with van der Waals surface area (Å²) in [5.41, 5.74) is 2.51. The lowest BCUT2D eigenvalue weighted by atomic mass is 10.1. The van der Waals surface area contributed by atoms with Gasteiger partial charge in [0.2, 0.25) is 0 Å². The monoisotopic (exact) mass is 273 g/mol. The van der Waals surface area contributed by atoms with Crippen LogP contribution in [0, 0.1) is 0 Å². The van der Waals surface area contributed by atoms with Crippen LogP contribution in [0.4, 0.5) is 5.82 Å². The predicted octanol–water partition coefficient (Wildman–Crippen LogP) is 3.32. The van der Waals surface area contributed by atoms with Gasteiger partial charge in [0.25, 0.3) is 0 Å². The molecule has 4 heterocycles. The van der Waals surface area contributed by atoms with Gasteiger partial charge in [-0.2, -0.15) is 0 Å². The Bertz CT molecular complexity index is 701. The number of rotatable bonds is 1. The van der Waals surface area contributed by atoms with Crippen molar-refractivity contribution in [1.29, 1.82) is 0 Å². The molecule has 5 heteroatoms. The Kier molecular flexibility index (Phi) is 2.34. The Morgan fingerprint density at radius 3 is 3.06 bits per heavy atom. The first kappa shape index (κ1) is 10.5. The molecule has 0 spiro atoms. The first-order valence-corrected chi connectivity index (χ1v) is 7.66. The molecule has 3 aromatic rings. The van der Waals surface area contributed by atoms with Crippen molar-refractivity contribution in [3.05, 3.63) is 39.7 Å². The van der Waals surface area contributed by atoms with Crippen LogP contribution in [0.25, 0.3) is 10.2 Å². The summed E-state index contributed by atoms with van der Waals surface area (Å²) in [6.07, 6.45) is 2.80. The molecule has 18 heavy (non-hydrogen) atoms. The van der Waals surface area contributed by atoms with Gasteiger partial charge < -0.3 is 4.90 Å². The summed E-state index contributed by atoms with van der Waals surface area (Å²) in [5, 5.41) is 4.28. The van der Waals surface area contributed by atoms with Crippen LogP contribution in [-0.2, 0) is 13.0 Å². The maximum Gasteiger partial charge on any atom is 0.150 e. The van der Waals surface area contributed by atoms with Crippen LogP contribution in [0.15, 0.2) is 29.2 Å². The Balaban J connectivity index is 1.78. The first-order chi connectivity index (χ1) is 8.92. The molecule has 4 rings (SSSR count). The minimum Gasteiger partial charge on any atom is -0.351 e. The van der Waals surface area contributed by atoms with E-state index in [1.165, 1.54) is 15.1 Å². The molecule has 0 atom stereocenters. The molecule has 0 bridgehead atoms. The van der Waals surface area contributed by atoms with Gasteiger partial charge in [-0.3, -0.25) is 0 Å². The molecule has 90 valence electrons. The van der Waals surface area contributed by atoms with Crippen molar-refractivity contribution >= 4 is 38.7 Å². The average molecular weight is 273 g/mol. The van der Waals surface area contributed by atoms with Crippen LogP contribution in [0.5, 0.6) is 0 Å². The van der Waals surface area contributed by atoms with E-state index in [9.17, 15) is 0 Å². The summed E-state index contributed by atoms with van der Waals surface area (Å²) in [5.74, 6) is 1.09. The zero-order valence-electron chi connectivity index (χ0n) is 9.67. The molecule has 0 saturated heterocycles. The van der Waals surface area contributed by atoms with Crippen LogP contribution < -0.4 is 4.90 Å². The fourth-order valence-electron chi connectivity index (χ4n) is 2.43. The largest absolute Gasteiger partial charge is 0.351 e. The molecule has 0 amide bonds. The van der Waals surface area contributed by atoms with Crippen molar-refractivity contribution in [3.8, 4) is 0 Å². The van der Waals surface area contributed by atoms with Gasteiger partial charge in [0.1, 0.15) is 12.1 Å². The summed E-state index contributed by atoms with van der Waals surface area (Å²) in [6, 6.07) is 4.30. The second-order valence-corrected chi connectivity index (χ2v) is 6.29. The molecule has 0 aliphatic carbocycles. The molecule has 3 nitrogen and oxygen atoms in total. The third-order valence-corrected chi connectivity index (χ3v) is 5.25. The minimum absolute atomic E-state index is 0.975. The van der Waals surface area contributed by atoms with Crippen LogP contribution in [0.1, 0.15) is 10.4 Å². The molecule has 1 aliphatic heterocycles. The lowest BCUT2D eigenvalue weighted by Gasteiger charge is -2.28. The number of hydrogen-bond acceptors (Lipinski definition) is 5. The highest BCUT2D eigenvalue weighted by atomic mass is 32.1. The molecule has 0 N–H and O–H groups in total. The molecule has 0 saturated carbocycles. The van der Waals surface area contributed by atoms with E-state index in [4.69, 9.17) is 0 Å². The lowest BCUT2D eigenvalue weighted by Crippen LogP contribution is -2.30. The van der Waals surface area contributed by atoms with E-state index < -0.39 is 0 Å². The maximum atomic E-state index is 4.49. The summed E-state index contributed by atoms with van der Waals surface area (Å²) in [6.45, 7) is 2.03. The molecule has 0 fully saturated rings. The van der Waals surface area contributed by atoms with Gasteiger partial charge in [0.05, 0.1) is 10.2 Å². The maximum absolute atomic E-state index is 4.49. The van der Waals surface area contributed by atoms with Crippen LogP contribution in [0.3, 0.4) is 0 Å². The molecule has 1 aliphatic rings. The van der Waals surface area contributed by atoms with Gasteiger partial charge in [0, 0.05) is 18.0 Å². The normalized spacial score (nSPS) is 15.0. The van der Waals surface area contributed by atoms with Crippen molar-refractivity contribution < 1.29 is 0 Å². The van der Waals surface area contributed by atoms with Gasteiger partial charge in [-0.05, 0) is 34.9 Å². The van der Waals surface area contributed by atoms with Gasteiger partial charge in [-0.1, -0.05) is 0 Å². The van der Waals surface area contributed by atoms with E-state index in [1.807, 2.05) is 11.3 Å². The summed E-state index contributed by atoms with van der Waals surface area (Å²) in [4.78, 5) is 12.7. The Hall–Kier alpha value is -1.46. The van der Waals surface area contributed by atoms with Crippen molar-refractivity contribution in [1.82, 2.24) is 9.97 Å². The molecule has 0 radical (unpaired) electrons. The number of hydrogen-bond donors (Lipinski definition) is 0. The Morgan fingerprint density at radius 1 is 1.11 bits per heavy atom. The highest BCUT2D eigenvalue weighted by Crippen LogP contribution is 2.32. The number of aromatic nitrogens is 2. The second kappa shape index (κ2) is 4.03. The SMILES string of the molecule is c1nc(N2CCc3sccc3C2)c2sccc2n1. The summed E-state index contributed by atoms with van der Waals surface area (Å²) >= 11 is 3.60. The average Bonchev–Trinajstić information content (AvgIpc) is 3.05. The zero-order valence-corrected chi connectivity index (χ0v) is 11.3. The number of nitrogens with zero attached hydrogens (tertiary/aromatic N) is 3. The van der Waals surface area contributed by atoms with Gasteiger partial charge >= 0.3 is 0 Å². The van der Waals surface area contributed by atoms with Crippen LogP contribution in [-0.4, -0.2) is 16.5 Å². The van der Waals surface area contributed by atoms with Gasteiger partial charge in [-0.25, -0.2) is 9.97 Å². The van der Waals surface area contributed by atoms with Crippen molar-refractivity contribution in [2.24, 2.45) is 0 Å².